The second-order valence-electron chi connectivity index (χ2n) is 3.83. The molecule has 0 bridgehead atoms. The normalized spacial score (nSPS) is 18.6. The van der Waals surface area contributed by atoms with Gasteiger partial charge in [-0.15, -0.1) is 0 Å². The van der Waals surface area contributed by atoms with Crippen molar-refractivity contribution in [2.75, 3.05) is 7.11 Å². The fraction of sp³-hybridized carbons (Fsp3) is 1.00. The Labute approximate surface area is 63.7 Å². The standard InChI is InChI=1S/C8H19NO/c1-6(10-5)7(9)8(2,3)4/h6-7H,9H2,1-5H3. The first-order chi connectivity index (χ1) is 4.39. The topological polar surface area (TPSA) is 35.2 Å². The summed E-state index contributed by atoms with van der Waals surface area (Å²) in [5.74, 6) is 0. The van der Waals surface area contributed by atoms with E-state index in [0.29, 0.717) is 0 Å². The van der Waals surface area contributed by atoms with Crippen LogP contribution in [0.15, 0.2) is 0 Å². The van der Waals surface area contributed by atoms with Gasteiger partial charge in [0.25, 0.3) is 0 Å². The average molecular weight is 145 g/mol. The van der Waals surface area contributed by atoms with Gasteiger partial charge < -0.3 is 10.5 Å². The largest absolute Gasteiger partial charge is 0.380 e. The fourth-order valence-corrected chi connectivity index (χ4v) is 0.851. The van der Waals surface area contributed by atoms with Gasteiger partial charge >= 0.3 is 0 Å². The smallest absolute Gasteiger partial charge is 0.0699 e. The van der Waals surface area contributed by atoms with Crippen molar-refractivity contribution < 1.29 is 4.74 Å². The molecule has 2 heteroatoms. The Morgan fingerprint density at radius 2 is 1.70 bits per heavy atom. The Balaban J connectivity index is 3.94. The molecule has 0 aromatic rings. The molecular formula is C8H19NO. The van der Waals surface area contributed by atoms with Crippen LogP contribution in [0.25, 0.3) is 0 Å². The van der Waals surface area contributed by atoms with E-state index in [1.807, 2.05) is 6.92 Å². The number of ether oxygens (including phenoxy) is 1. The summed E-state index contributed by atoms with van der Waals surface area (Å²) in [6.45, 7) is 8.35. The molecule has 0 fully saturated rings. The monoisotopic (exact) mass is 145 g/mol. The third-order valence-corrected chi connectivity index (χ3v) is 1.88. The van der Waals surface area contributed by atoms with Crippen molar-refractivity contribution >= 4 is 0 Å². The summed E-state index contributed by atoms with van der Waals surface area (Å²) in [6.07, 6.45) is 0.139. The minimum Gasteiger partial charge on any atom is -0.380 e. The van der Waals surface area contributed by atoms with E-state index in [4.69, 9.17) is 10.5 Å². The summed E-state index contributed by atoms with van der Waals surface area (Å²) in [5, 5.41) is 0. The van der Waals surface area contributed by atoms with Crippen LogP contribution >= 0.6 is 0 Å². The molecular weight excluding hydrogens is 126 g/mol. The molecule has 2 N–H and O–H groups in total. The van der Waals surface area contributed by atoms with Crippen LogP contribution in [0, 0.1) is 5.41 Å². The lowest BCUT2D eigenvalue weighted by atomic mass is 9.84. The summed E-state index contributed by atoms with van der Waals surface area (Å²) < 4.78 is 5.11. The Morgan fingerprint density at radius 1 is 1.30 bits per heavy atom. The lowest BCUT2D eigenvalue weighted by Gasteiger charge is -2.31. The summed E-state index contributed by atoms with van der Waals surface area (Å²) in [7, 11) is 1.69. The zero-order valence-electron chi connectivity index (χ0n) is 7.64. The van der Waals surface area contributed by atoms with Gasteiger partial charge in [-0.1, -0.05) is 20.8 Å². The SMILES string of the molecule is COC(C)C(N)C(C)(C)C. The Kier molecular flexibility index (Phi) is 3.33. The summed E-state index contributed by atoms with van der Waals surface area (Å²) >= 11 is 0. The fourth-order valence-electron chi connectivity index (χ4n) is 0.851. The molecule has 0 saturated heterocycles. The number of rotatable bonds is 2. The van der Waals surface area contributed by atoms with Gasteiger partial charge in [-0.3, -0.25) is 0 Å². The Bertz CT molecular complexity index is 95.9. The van der Waals surface area contributed by atoms with E-state index in [0.717, 1.165) is 0 Å². The van der Waals surface area contributed by atoms with Crippen LogP contribution in [0.5, 0.6) is 0 Å². The number of nitrogens with two attached hydrogens (primary N) is 1. The highest BCUT2D eigenvalue weighted by Gasteiger charge is 2.25. The molecule has 0 aliphatic rings. The molecule has 2 atom stereocenters. The Morgan fingerprint density at radius 3 is 1.80 bits per heavy atom. The summed E-state index contributed by atoms with van der Waals surface area (Å²) in [6, 6.07) is 0.109. The van der Waals surface area contributed by atoms with Gasteiger partial charge in [0, 0.05) is 13.2 Å². The molecule has 0 rings (SSSR count). The highest BCUT2D eigenvalue weighted by Crippen LogP contribution is 2.20. The zero-order chi connectivity index (χ0) is 8.36. The highest BCUT2D eigenvalue weighted by atomic mass is 16.5. The second kappa shape index (κ2) is 3.35. The molecule has 0 aliphatic heterocycles. The van der Waals surface area contributed by atoms with Gasteiger partial charge in [-0.05, 0) is 12.3 Å². The van der Waals surface area contributed by atoms with E-state index in [2.05, 4.69) is 20.8 Å². The van der Waals surface area contributed by atoms with E-state index in [1.54, 1.807) is 7.11 Å². The van der Waals surface area contributed by atoms with Crippen molar-refractivity contribution in [3.05, 3.63) is 0 Å². The van der Waals surface area contributed by atoms with Gasteiger partial charge in [0.2, 0.25) is 0 Å². The van der Waals surface area contributed by atoms with Crippen molar-refractivity contribution in [3.63, 3.8) is 0 Å². The van der Waals surface area contributed by atoms with Gasteiger partial charge in [-0.2, -0.15) is 0 Å². The van der Waals surface area contributed by atoms with Crippen LogP contribution in [0.4, 0.5) is 0 Å². The van der Waals surface area contributed by atoms with Crippen molar-refractivity contribution in [2.45, 2.75) is 39.8 Å². The van der Waals surface area contributed by atoms with Crippen molar-refractivity contribution in [1.82, 2.24) is 0 Å². The van der Waals surface area contributed by atoms with Crippen molar-refractivity contribution in [3.8, 4) is 0 Å². The molecule has 62 valence electrons. The van der Waals surface area contributed by atoms with E-state index in [-0.39, 0.29) is 17.6 Å². The first-order valence-corrected chi connectivity index (χ1v) is 3.68. The third kappa shape index (κ3) is 2.67. The lowest BCUT2D eigenvalue weighted by Crippen LogP contribution is -2.44. The average Bonchev–Trinajstić information content (AvgIpc) is 1.83. The van der Waals surface area contributed by atoms with Crippen LogP contribution in [0.2, 0.25) is 0 Å². The minimum absolute atomic E-state index is 0.109. The maximum Gasteiger partial charge on any atom is 0.0699 e. The maximum absolute atomic E-state index is 5.88. The summed E-state index contributed by atoms with van der Waals surface area (Å²) in [5.41, 5.74) is 6.01. The first-order valence-electron chi connectivity index (χ1n) is 3.68. The molecule has 0 spiro atoms. The van der Waals surface area contributed by atoms with E-state index < -0.39 is 0 Å². The van der Waals surface area contributed by atoms with Gasteiger partial charge in [-0.25, -0.2) is 0 Å². The third-order valence-electron chi connectivity index (χ3n) is 1.88. The van der Waals surface area contributed by atoms with E-state index in [1.165, 1.54) is 0 Å². The second-order valence-corrected chi connectivity index (χ2v) is 3.83. The van der Waals surface area contributed by atoms with Gasteiger partial charge in [0.15, 0.2) is 0 Å². The molecule has 0 saturated carbocycles. The van der Waals surface area contributed by atoms with Crippen molar-refractivity contribution in [1.29, 1.82) is 0 Å². The highest BCUT2D eigenvalue weighted by molar-refractivity contribution is 4.81. The van der Waals surface area contributed by atoms with Crippen LogP contribution in [0.1, 0.15) is 27.7 Å². The Hall–Kier alpha value is -0.0800. The predicted octanol–water partition coefficient (Wildman–Crippen LogP) is 1.39. The maximum atomic E-state index is 5.88. The predicted molar refractivity (Wildman–Crippen MR) is 43.9 cm³/mol. The molecule has 10 heavy (non-hydrogen) atoms. The molecule has 0 aromatic carbocycles. The van der Waals surface area contributed by atoms with Gasteiger partial charge in [0.1, 0.15) is 0 Å². The number of methoxy groups -OCH3 is 1. The minimum atomic E-state index is 0.109. The molecule has 2 nitrogen and oxygen atoms in total. The summed E-state index contributed by atoms with van der Waals surface area (Å²) in [4.78, 5) is 0. The molecule has 0 aromatic heterocycles. The zero-order valence-corrected chi connectivity index (χ0v) is 7.64. The molecule has 2 unspecified atom stereocenters. The van der Waals surface area contributed by atoms with Crippen LogP contribution in [-0.4, -0.2) is 19.3 Å². The van der Waals surface area contributed by atoms with Crippen LogP contribution in [0.3, 0.4) is 0 Å². The van der Waals surface area contributed by atoms with Gasteiger partial charge in [0.05, 0.1) is 6.10 Å². The molecule has 0 radical (unpaired) electrons. The number of hydrogen-bond donors (Lipinski definition) is 1. The molecule has 0 aliphatic carbocycles. The number of hydrogen-bond acceptors (Lipinski definition) is 2. The lowest BCUT2D eigenvalue weighted by molar-refractivity contribution is 0.0586. The van der Waals surface area contributed by atoms with E-state index in [9.17, 15) is 0 Å². The molecule has 0 heterocycles. The van der Waals surface area contributed by atoms with Crippen LogP contribution in [-0.2, 0) is 4.74 Å². The van der Waals surface area contributed by atoms with Crippen molar-refractivity contribution in [2.24, 2.45) is 11.1 Å². The van der Waals surface area contributed by atoms with E-state index >= 15 is 0 Å². The quantitative estimate of drug-likeness (QED) is 0.637. The van der Waals surface area contributed by atoms with Crippen LogP contribution < -0.4 is 5.73 Å². The first kappa shape index (κ1) is 9.92. The molecule has 0 amide bonds.